The van der Waals surface area contributed by atoms with Crippen molar-refractivity contribution in [1.29, 1.82) is 0 Å². The van der Waals surface area contributed by atoms with Gasteiger partial charge in [0.05, 0.1) is 22.5 Å². The summed E-state index contributed by atoms with van der Waals surface area (Å²) in [5, 5.41) is 17.7. The molecule has 0 unspecified atom stereocenters. The van der Waals surface area contributed by atoms with Crippen molar-refractivity contribution >= 4 is 35.3 Å². The van der Waals surface area contributed by atoms with Gasteiger partial charge in [-0.15, -0.1) is 0 Å². The molecule has 6 N–H and O–H groups in total. The Labute approximate surface area is 144 Å². The van der Waals surface area contributed by atoms with Crippen molar-refractivity contribution in [3.05, 3.63) is 46.5 Å². The second kappa shape index (κ2) is 5.77. The van der Waals surface area contributed by atoms with Gasteiger partial charge < -0.3 is 31.2 Å². The first-order valence-electron chi connectivity index (χ1n) is 6.98. The molecule has 10 nitrogen and oxygen atoms in total. The molecule has 0 atom stereocenters. The predicted molar refractivity (Wildman–Crippen MR) is 85.9 cm³/mol. The molecule has 10 heteroatoms. The zero-order chi connectivity index (χ0) is 19.2. The minimum Gasteiger partial charge on any atom is -0.449 e. The third-order valence-electron chi connectivity index (χ3n) is 3.73. The Kier molecular flexibility index (Phi) is 3.72. The van der Waals surface area contributed by atoms with E-state index in [0.717, 1.165) is 0 Å². The number of nitrogens with two attached hydrogens (primary N) is 2. The van der Waals surface area contributed by atoms with Crippen LogP contribution in [0.25, 0.3) is 0 Å². The van der Waals surface area contributed by atoms with E-state index in [-0.39, 0.29) is 22.3 Å². The minimum atomic E-state index is -1.85. The Morgan fingerprint density at radius 3 is 1.42 bits per heavy atom. The van der Waals surface area contributed by atoms with E-state index in [4.69, 9.17) is 21.7 Å². The first-order chi connectivity index (χ1) is 12.2. The quantitative estimate of drug-likeness (QED) is 0.299. The number of benzene rings is 2. The van der Waals surface area contributed by atoms with Gasteiger partial charge in [-0.25, -0.2) is 9.59 Å². The lowest BCUT2D eigenvalue weighted by Crippen LogP contribution is -2.25. The highest BCUT2D eigenvalue weighted by atomic mass is 16.7. The number of hydrogen-bond acceptors (Lipinski definition) is 8. The molecule has 0 heterocycles. The van der Waals surface area contributed by atoms with Crippen LogP contribution >= 0.6 is 0 Å². The summed E-state index contributed by atoms with van der Waals surface area (Å²) in [7, 11) is 0. The smallest absolute Gasteiger partial charge is 0.449 e. The third kappa shape index (κ3) is 2.36. The van der Waals surface area contributed by atoms with E-state index in [1.165, 1.54) is 24.3 Å². The van der Waals surface area contributed by atoms with Gasteiger partial charge in [0, 0.05) is 11.1 Å². The van der Waals surface area contributed by atoms with Gasteiger partial charge in [0.25, 0.3) is 0 Å². The number of anilines is 2. The van der Waals surface area contributed by atoms with Crippen LogP contribution < -0.4 is 20.9 Å². The Morgan fingerprint density at radius 2 is 1.12 bits per heavy atom. The third-order valence-corrected chi connectivity index (χ3v) is 3.73. The second-order valence-corrected chi connectivity index (χ2v) is 5.18. The molecule has 0 amide bonds. The monoisotopic (exact) mass is 358 g/mol. The average Bonchev–Trinajstić information content (AvgIpc) is 2.58. The molecule has 0 saturated carbocycles. The van der Waals surface area contributed by atoms with Crippen LogP contribution in [0, 0.1) is 0 Å². The molecule has 0 saturated heterocycles. The van der Waals surface area contributed by atoms with Crippen molar-refractivity contribution in [2.75, 3.05) is 11.5 Å². The normalized spacial score (nSPS) is 12.2. The number of ether oxygens (including phenoxy) is 2. The van der Waals surface area contributed by atoms with Gasteiger partial charge in [-0.1, -0.05) is 24.3 Å². The topological polar surface area (TPSA) is 179 Å². The lowest BCUT2D eigenvalue weighted by molar-refractivity contribution is 0.0979. The fourth-order valence-electron chi connectivity index (χ4n) is 2.74. The molecule has 0 bridgehead atoms. The van der Waals surface area contributed by atoms with Crippen LogP contribution in [-0.2, 0) is 0 Å². The Morgan fingerprint density at radius 1 is 0.769 bits per heavy atom. The molecule has 26 heavy (non-hydrogen) atoms. The van der Waals surface area contributed by atoms with Crippen molar-refractivity contribution in [3.63, 3.8) is 0 Å². The van der Waals surface area contributed by atoms with Gasteiger partial charge in [0.2, 0.25) is 11.5 Å². The Balaban J connectivity index is 2.38. The molecule has 0 aliphatic heterocycles. The van der Waals surface area contributed by atoms with E-state index in [0.29, 0.717) is 0 Å². The highest BCUT2D eigenvalue weighted by Gasteiger charge is 2.38. The van der Waals surface area contributed by atoms with E-state index in [1.807, 2.05) is 0 Å². The fourth-order valence-corrected chi connectivity index (χ4v) is 2.74. The largest absolute Gasteiger partial charge is 0.511 e. The highest BCUT2D eigenvalue weighted by Crippen LogP contribution is 2.47. The fraction of sp³-hybridized carbons (Fsp3) is 0. The van der Waals surface area contributed by atoms with Crippen LogP contribution in [0.15, 0.2) is 24.3 Å². The van der Waals surface area contributed by atoms with Gasteiger partial charge in [-0.2, -0.15) is 0 Å². The van der Waals surface area contributed by atoms with Crippen LogP contribution in [0.4, 0.5) is 21.0 Å². The summed E-state index contributed by atoms with van der Waals surface area (Å²) in [6, 6.07) is 5.86. The standard InChI is InChI=1S/C16H10N2O8/c17-9-7-8(12(20)6-4-2-1-3-5(6)11(7)19)10(18)14(26-16(23)24)13(9)25-15(21)22/h1-4H,17-18H2,(H,21,22)(H,23,24). The number of hydrogen-bond donors (Lipinski definition) is 4. The summed E-state index contributed by atoms with van der Waals surface area (Å²) in [6.07, 6.45) is -3.69. The summed E-state index contributed by atoms with van der Waals surface area (Å²) in [5.41, 5.74) is 9.84. The van der Waals surface area contributed by atoms with Gasteiger partial charge >= 0.3 is 12.3 Å². The van der Waals surface area contributed by atoms with Crippen molar-refractivity contribution in [1.82, 2.24) is 0 Å². The Hall–Kier alpha value is -4.08. The lowest BCUT2D eigenvalue weighted by atomic mass is 9.82. The number of nitrogen functional groups attached to an aromatic ring is 2. The molecule has 3 rings (SSSR count). The summed E-state index contributed by atoms with van der Waals surface area (Å²) < 4.78 is 8.91. The average molecular weight is 358 g/mol. The summed E-state index contributed by atoms with van der Waals surface area (Å²) in [4.78, 5) is 47.3. The minimum absolute atomic E-state index is 0.0456. The van der Waals surface area contributed by atoms with Crippen LogP contribution in [-0.4, -0.2) is 34.1 Å². The van der Waals surface area contributed by atoms with Crippen LogP contribution in [0.2, 0.25) is 0 Å². The predicted octanol–water partition coefficient (Wildman–Crippen LogP) is 1.74. The van der Waals surface area contributed by atoms with Crippen molar-refractivity contribution in [2.24, 2.45) is 0 Å². The number of carbonyl (C=O) groups is 4. The molecule has 132 valence electrons. The molecule has 0 fully saturated rings. The maximum atomic E-state index is 12.8. The first kappa shape index (κ1) is 16.8. The van der Waals surface area contributed by atoms with Crippen molar-refractivity contribution < 1.29 is 38.9 Å². The number of carbonyl (C=O) groups excluding carboxylic acids is 2. The van der Waals surface area contributed by atoms with E-state index in [2.05, 4.69) is 9.47 Å². The number of ketones is 2. The lowest BCUT2D eigenvalue weighted by Gasteiger charge is -2.23. The number of carboxylic acid groups (broad SMARTS) is 2. The zero-order valence-electron chi connectivity index (χ0n) is 12.8. The number of fused-ring (bicyclic) bond motifs is 2. The van der Waals surface area contributed by atoms with Crippen molar-refractivity contribution in [3.8, 4) is 11.5 Å². The van der Waals surface area contributed by atoms with Gasteiger partial charge in [-0.05, 0) is 0 Å². The van der Waals surface area contributed by atoms with E-state index in [1.54, 1.807) is 0 Å². The summed E-state index contributed by atoms with van der Waals surface area (Å²) in [6.45, 7) is 0. The van der Waals surface area contributed by atoms with E-state index in [9.17, 15) is 19.2 Å². The molecular formula is C16H10N2O8. The molecule has 2 aromatic rings. The second-order valence-electron chi connectivity index (χ2n) is 5.18. The Bertz CT molecular complexity index is 932. The maximum absolute atomic E-state index is 12.8. The van der Waals surface area contributed by atoms with E-state index >= 15 is 0 Å². The molecule has 0 aromatic heterocycles. The maximum Gasteiger partial charge on any atom is 0.511 e. The summed E-state index contributed by atoms with van der Waals surface area (Å²) in [5.74, 6) is -2.93. The van der Waals surface area contributed by atoms with E-state index < -0.39 is 46.8 Å². The molecule has 1 aliphatic rings. The zero-order valence-corrected chi connectivity index (χ0v) is 12.8. The molecule has 0 radical (unpaired) electrons. The van der Waals surface area contributed by atoms with Crippen LogP contribution in [0.5, 0.6) is 11.5 Å². The SMILES string of the molecule is Nc1c(OC(=O)O)c(OC(=O)O)c(N)c2c1C(=O)c1ccccc1C2=O. The molecule has 1 aliphatic carbocycles. The summed E-state index contributed by atoms with van der Waals surface area (Å²) >= 11 is 0. The highest BCUT2D eigenvalue weighted by molar-refractivity contribution is 6.32. The van der Waals surface area contributed by atoms with Crippen LogP contribution in [0.3, 0.4) is 0 Å². The first-order valence-corrected chi connectivity index (χ1v) is 6.98. The molecule has 0 spiro atoms. The molecule has 2 aromatic carbocycles. The number of rotatable bonds is 2. The van der Waals surface area contributed by atoms with Crippen LogP contribution in [0.1, 0.15) is 31.8 Å². The van der Waals surface area contributed by atoms with Gasteiger partial charge in [0.1, 0.15) is 0 Å². The molecular weight excluding hydrogens is 348 g/mol. The van der Waals surface area contributed by atoms with Gasteiger partial charge in [-0.3, -0.25) is 9.59 Å². The van der Waals surface area contributed by atoms with Gasteiger partial charge in [0.15, 0.2) is 11.6 Å². The van der Waals surface area contributed by atoms with Crippen molar-refractivity contribution in [2.45, 2.75) is 0 Å².